The molecule has 4 N–H and O–H groups in total. The third kappa shape index (κ3) is 3.61. The van der Waals surface area contributed by atoms with E-state index in [0.29, 0.717) is 11.3 Å². The SMILES string of the molecule is COc1ccc(C(=O)NC(=N)C2(c3ccc(-c4cnc(N)nc4)cc3)CCC2)cc1. The summed E-state index contributed by atoms with van der Waals surface area (Å²) >= 11 is 0. The molecule has 1 aliphatic rings. The molecule has 7 heteroatoms. The van der Waals surface area contributed by atoms with Crippen molar-refractivity contribution < 1.29 is 9.53 Å². The molecule has 1 heterocycles. The summed E-state index contributed by atoms with van der Waals surface area (Å²) in [5.74, 6) is 0.872. The van der Waals surface area contributed by atoms with Crippen LogP contribution in [0.4, 0.5) is 5.95 Å². The van der Waals surface area contributed by atoms with Crippen LogP contribution in [-0.4, -0.2) is 28.8 Å². The number of nitrogens with zero attached hydrogens (tertiary/aromatic N) is 2. The Balaban J connectivity index is 1.52. The first kappa shape index (κ1) is 19.6. The number of aromatic nitrogens is 2. The van der Waals surface area contributed by atoms with Crippen molar-refractivity contribution in [2.24, 2.45) is 0 Å². The van der Waals surface area contributed by atoms with E-state index in [1.807, 2.05) is 24.3 Å². The molecular weight excluding hydrogens is 378 g/mol. The molecule has 0 spiro atoms. The van der Waals surface area contributed by atoms with Gasteiger partial charge in [-0.25, -0.2) is 9.97 Å². The maximum absolute atomic E-state index is 12.6. The fourth-order valence-electron chi connectivity index (χ4n) is 3.73. The Morgan fingerprint density at radius 1 is 1.03 bits per heavy atom. The van der Waals surface area contributed by atoms with Gasteiger partial charge in [0.25, 0.3) is 5.91 Å². The van der Waals surface area contributed by atoms with Crippen molar-refractivity contribution in [3.63, 3.8) is 0 Å². The first-order valence-corrected chi connectivity index (χ1v) is 9.75. The van der Waals surface area contributed by atoms with Gasteiger partial charge in [-0.05, 0) is 48.2 Å². The summed E-state index contributed by atoms with van der Waals surface area (Å²) < 4.78 is 5.13. The lowest BCUT2D eigenvalue weighted by Crippen LogP contribution is -2.50. The van der Waals surface area contributed by atoms with Crippen LogP contribution in [0.3, 0.4) is 0 Å². The predicted molar refractivity (Wildman–Crippen MR) is 116 cm³/mol. The van der Waals surface area contributed by atoms with Gasteiger partial charge in [-0.2, -0.15) is 0 Å². The Bertz CT molecular complexity index is 1060. The van der Waals surface area contributed by atoms with Crippen LogP contribution in [0.25, 0.3) is 11.1 Å². The molecule has 1 fully saturated rings. The van der Waals surface area contributed by atoms with Crippen molar-refractivity contribution in [3.8, 4) is 16.9 Å². The highest BCUT2D eigenvalue weighted by molar-refractivity contribution is 6.09. The number of carbonyl (C=O) groups excluding carboxylic acids is 1. The van der Waals surface area contributed by atoms with Gasteiger partial charge in [0, 0.05) is 23.5 Å². The van der Waals surface area contributed by atoms with Crippen molar-refractivity contribution in [2.45, 2.75) is 24.7 Å². The van der Waals surface area contributed by atoms with Crippen LogP contribution in [0, 0.1) is 5.41 Å². The summed E-state index contributed by atoms with van der Waals surface area (Å²) in [7, 11) is 1.58. The molecule has 0 radical (unpaired) electrons. The molecular formula is C23H23N5O2. The zero-order chi connectivity index (χ0) is 21.1. The number of amides is 1. The third-order valence-corrected chi connectivity index (χ3v) is 5.72. The summed E-state index contributed by atoms with van der Waals surface area (Å²) in [5.41, 5.74) is 8.46. The van der Waals surface area contributed by atoms with E-state index in [2.05, 4.69) is 15.3 Å². The van der Waals surface area contributed by atoms with Gasteiger partial charge in [0.15, 0.2) is 0 Å². The average molecular weight is 401 g/mol. The summed E-state index contributed by atoms with van der Waals surface area (Å²) in [5, 5.41) is 11.4. The molecule has 30 heavy (non-hydrogen) atoms. The van der Waals surface area contributed by atoms with E-state index < -0.39 is 5.41 Å². The van der Waals surface area contributed by atoms with E-state index in [0.717, 1.165) is 36.0 Å². The molecule has 0 bridgehead atoms. The summed E-state index contributed by atoms with van der Waals surface area (Å²) in [6.07, 6.45) is 6.06. The lowest BCUT2D eigenvalue weighted by Gasteiger charge is -2.42. The number of nitrogen functional groups attached to an aromatic ring is 1. The van der Waals surface area contributed by atoms with Crippen LogP contribution in [0.15, 0.2) is 60.9 Å². The Morgan fingerprint density at radius 2 is 1.67 bits per heavy atom. The molecule has 4 rings (SSSR count). The average Bonchev–Trinajstić information content (AvgIpc) is 2.74. The van der Waals surface area contributed by atoms with Crippen LogP contribution in [0.5, 0.6) is 5.75 Å². The number of ether oxygens (including phenoxy) is 1. The van der Waals surface area contributed by atoms with Gasteiger partial charge in [0.05, 0.1) is 12.5 Å². The lowest BCUT2D eigenvalue weighted by molar-refractivity contribution is 0.0972. The Kier molecular flexibility index (Phi) is 5.18. The normalized spacial score (nSPS) is 14.4. The van der Waals surface area contributed by atoms with Gasteiger partial charge in [0.2, 0.25) is 5.95 Å². The number of anilines is 1. The van der Waals surface area contributed by atoms with Crippen LogP contribution < -0.4 is 15.8 Å². The number of nitrogens with one attached hydrogen (secondary N) is 2. The van der Waals surface area contributed by atoms with Crippen LogP contribution in [0.1, 0.15) is 35.2 Å². The number of carbonyl (C=O) groups is 1. The van der Waals surface area contributed by atoms with Crippen molar-refractivity contribution in [3.05, 3.63) is 72.1 Å². The van der Waals surface area contributed by atoms with Crippen LogP contribution in [-0.2, 0) is 5.41 Å². The Hall–Kier alpha value is -3.74. The molecule has 1 amide bonds. The van der Waals surface area contributed by atoms with Gasteiger partial charge in [-0.3, -0.25) is 10.2 Å². The molecule has 3 aromatic rings. The van der Waals surface area contributed by atoms with E-state index in [1.165, 1.54) is 0 Å². The van der Waals surface area contributed by atoms with Crippen molar-refractivity contribution in [2.75, 3.05) is 12.8 Å². The first-order valence-electron chi connectivity index (χ1n) is 9.75. The quantitative estimate of drug-likeness (QED) is 0.447. The fourth-order valence-corrected chi connectivity index (χ4v) is 3.73. The highest BCUT2D eigenvalue weighted by atomic mass is 16.5. The highest BCUT2D eigenvalue weighted by Gasteiger charge is 2.43. The second-order valence-electron chi connectivity index (χ2n) is 7.40. The zero-order valence-electron chi connectivity index (χ0n) is 16.7. The van der Waals surface area contributed by atoms with E-state index in [4.69, 9.17) is 15.9 Å². The third-order valence-electron chi connectivity index (χ3n) is 5.72. The number of hydrogen-bond acceptors (Lipinski definition) is 6. The van der Waals surface area contributed by atoms with Crippen molar-refractivity contribution in [1.82, 2.24) is 15.3 Å². The molecule has 0 aliphatic heterocycles. The molecule has 0 atom stereocenters. The van der Waals surface area contributed by atoms with Gasteiger partial charge in [0.1, 0.15) is 11.6 Å². The number of hydrogen-bond donors (Lipinski definition) is 3. The van der Waals surface area contributed by atoms with E-state index in [1.54, 1.807) is 43.8 Å². The van der Waals surface area contributed by atoms with Gasteiger partial charge in [-0.1, -0.05) is 30.7 Å². The summed E-state index contributed by atoms with van der Waals surface area (Å²) in [6, 6.07) is 14.9. The van der Waals surface area contributed by atoms with Gasteiger partial charge < -0.3 is 15.8 Å². The fraction of sp³-hybridized carbons (Fsp3) is 0.217. The highest BCUT2D eigenvalue weighted by Crippen LogP contribution is 2.44. The zero-order valence-corrected chi connectivity index (χ0v) is 16.7. The number of amidine groups is 1. The van der Waals surface area contributed by atoms with E-state index >= 15 is 0 Å². The smallest absolute Gasteiger partial charge is 0.256 e. The maximum atomic E-state index is 12.6. The molecule has 1 saturated carbocycles. The maximum Gasteiger partial charge on any atom is 0.256 e. The van der Waals surface area contributed by atoms with E-state index in [9.17, 15) is 4.79 Å². The molecule has 2 aromatic carbocycles. The monoisotopic (exact) mass is 401 g/mol. The first-order chi connectivity index (χ1) is 14.5. The Morgan fingerprint density at radius 3 is 2.20 bits per heavy atom. The number of rotatable bonds is 5. The second-order valence-corrected chi connectivity index (χ2v) is 7.40. The standard InChI is InChI=1S/C23H23N5O2/c1-30-19-9-5-16(6-10-19)20(29)28-21(24)23(11-2-12-23)18-7-3-15(4-8-18)17-13-26-22(25)27-14-17/h3-10,13-14H,2,11-12H2,1H3,(H2,24,28,29)(H2,25,26,27). The molecule has 152 valence electrons. The van der Waals surface area contributed by atoms with Crippen LogP contribution in [0.2, 0.25) is 0 Å². The van der Waals surface area contributed by atoms with Crippen molar-refractivity contribution >= 4 is 17.7 Å². The predicted octanol–water partition coefficient (Wildman–Crippen LogP) is 3.56. The van der Waals surface area contributed by atoms with Gasteiger partial charge >= 0.3 is 0 Å². The van der Waals surface area contributed by atoms with Gasteiger partial charge in [-0.15, -0.1) is 0 Å². The number of methoxy groups -OCH3 is 1. The molecule has 1 aromatic heterocycles. The minimum atomic E-state index is -0.460. The topological polar surface area (TPSA) is 114 Å². The summed E-state index contributed by atoms with van der Waals surface area (Å²) in [4.78, 5) is 20.7. The van der Waals surface area contributed by atoms with Crippen molar-refractivity contribution in [1.29, 1.82) is 5.41 Å². The second kappa shape index (κ2) is 7.94. The minimum absolute atomic E-state index is 0.234. The largest absolute Gasteiger partial charge is 0.497 e. The molecule has 7 nitrogen and oxygen atoms in total. The van der Waals surface area contributed by atoms with Crippen LogP contribution >= 0.6 is 0 Å². The molecule has 0 saturated heterocycles. The summed E-state index contributed by atoms with van der Waals surface area (Å²) in [6.45, 7) is 0. The number of nitrogens with two attached hydrogens (primary N) is 1. The van der Waals surface area contributed by atoms with E-state index in [-0.39, 0.29) is 17.7 Å². The Labute approximate surface area is 174 Å². The molecule has 0 unspecified atom stereocenters. The molecule has 1 aliphatic carbocycles. The number of benzene rings is 2. The minimum Gasteiger partial charge on any atom is -0.497 e. The lowest BCUT2D eigenvalue weighted by atomic mass is 9.63.